The number of nitrogens with zero attached hydrogens (tertiary/aromatic N) is 1. The highest BCUT2D eigenvalue weighted by molar-refractivity contribution is 9.10. The number of ether oxygens (including phenoxy) is 2. The Morgan fingerprint density at radius 3 is 2.62 bits per heavy atom. The number of para-hydroxylation sites is 1. The third-order valence-corrected chi connectivity index (χ3v) is 5.18. The molecule has 0 aromatic heterocycles. The van der Waals surface area contributed by atoms with E-state index in [1.807, 2.05) is 18.2 Å². The van der Waals surface area contributed by atoms with Crippen LogP contribution in [0.1, 0.15) is 35.7 Å². The van der Waals surface area contributed by atoms with Crippen LogP contribution in [0.5, 0.6) is 5.75 Å². The van der Waals surface area contributed by atoms with Crippen molar-refractivity contribution < 1.29 is 19.1 Å². The van der Waals surface area contributed by atoms with E-state index in [4.69, 9.17) is 9.47 Å². The summed E-state index contributed by atoms with van der Waals surface area (Å²) in [5, 5.41) is 2.81. The van der Waals surface area contributed by atoms with E-state index in [0.29, 0.717) is 43.3 Å². The molecule has 2 amide bonds. The SMILES string of the molecule is CC(C)c1cc(Br)ccc1OCC(=O)Nc1ccccc1C(=O)N1CCOCC1. The van der Waals surface area contributed by atoms with Gasteiger partial charge in [0.25, 0.3) is 11.8 Å². The maximum Gasteiger partial charge on any atom is 0.262 e. The van der Waals surface area contributed by atoms with Crippen molar-refractivity contribution in [1.82, 2.24) is 4.90 Å². The fraction of sp³-hybridized carbons (Fsp3) is 0.364. The normalized spacial score (nSPS) is 14.0. The molecule has 0 bridgehead atoms. The fourth-order valence-electron chi connectivity index (χ4n) is 3.15. The van der Waals surface area contributed by atoms with Crippen LogP contribution in [0.2, 0.25) is 0 Å². The maximum absolute atomic E-state index is 12.8. The zero-order valence-electron chi connectivity index (χ0n) is 16.6. The molecule has 0 saturated carbocycles. The van der Waals surface area contributed by atoms with Crippen molar-refractivity contribution in [3.8, 4) is 5.75 Å². The van der Waals surface area contributed by atoms with Crippen LogP contribution in [0.15, 0.2) is 46.9 Å². The van der Waals surface area contributed by atoms with Gasteiger partial charge in [0, 0.05) is 17.6 Å². The Morgan fingerprint density at radius 1 is 1.17 bits per heavy atom. The quantitative estimate of drug-likeness (QED) is 0.705. The molecule has 1 saturated heterocycles. The summed E-state index contributed by atoms with van der Waals surface area (Å²) in [5.74, 6) is 0.512. The zero-order chi connectivity index (χ0) is 20.8. The lowest BCUT2D eigenvalue weighted by Crippen LogP contribution is -2.41. The van der Waals surface area contributed by atoms with Gasteiger partial charge >= 0.3 is 0 Å². The predicted octanol–water partition coefficient (Wildman–Crippen LogP) is 4.06. The number of carbonyl (C=O) groups excluding carboxylic acids is 2. The van der Waals surface area contributed by atoms with Crippen molar-refractivity contribution in [2.75, 3.05) is 38.2 Å². The van der Waals surface area contributed by atoms with Gasteiger partial charge in [-0.15, -0.1) is 0 Å². The third kappa shape index (κ3) is 5.58. The number of benzene rings is 2. The number of halogens is 1. The molecular weight excluding hydrogens is 436 g/mol. The molecule has 7 heteroatoms. The van der Waals surface area contributed by atoms with Crippen LogP contribution >= 0.6 is 15.9 Å². The second-order valence-corrected chi connectivity index (χ2v) is 8.04. The molecule has 1 N–H and O–H groups in total. The summed E-state index contributed by atoms with van der Waals surface area (Å²) in [4.78, 5) is 27.0. The first-order valence-corrected chi connectivity index (χ1v) is 10.4. The minimum Gasteiger partial charge on any atom is -0.483 e. The Balaban J connectivity index is 1.67. The van der Waals surface area contributed by atoms with Gasteiger partial charge in [-0.05, 0) is 41.8 Å². The lowest BCUT2D eigenvalue weighted by Gasteiger charge is -2.27. The average molecular weight is 461 g/mol. The maximum atomic E-state index is 12.8. The molecule has 0 aliphatic carbocycles. The first-order chi connectivity index (χ1) is 14.0. The molecule has 1 aliphatic heterocycles. The number of hydrogen-bond acceptors (Lipinski definition) is 4. The Bertz CT molecular complexity index is 879. The van der Waals surface area contributed by atoms with Crippen LogP contribution in [0.25, 0.3) is 0 Å². The minimum atomic E-state index is -0.315. The summed E-state index contributed by atoms with van der Waals surface area (Å²) >= 11 is 3.46. The zero-order valence-corrected chi connectivity index (χ0v) is 18.2. The van der Waals surface area contributed by atoms with Gasteiger partial charge < -0.3 is 19.7 Å². The van der Waals surface area contributed by atoms with E-state index in [2.05, 4.69) is 35.1 Å². The number of anilines is 1. The van der Waals surface area contributed by atoms with Crippen LogP contribution in [0.3, 0.4) is 0 Å². The highest BCUT2D eigenvalue weighted by Crippen LogP contribution is 2.29. The third-order valence-electron chi connectivity index (χ3n) is 4.68. The van der Waals surface area contributed by atoms with Crippen LogP contribution in [-0.2, 0) is 9.53 Å². The molecule has 0 spiro atoms. The van der Waals surface area contributed by atoms with E-state index < -0.39 is 0 Å². The van der Waals surface area contributed by atoms with Crippen molar-refractivity contribution in [3.63, 3.8) is 0 Å². The monoisotopic (exact) mass is 460 g/mol. The van der Waals surface area contributed by atoms with E-state index >= 15 is 0 Å². The Morgan fingerprint density at radius 2 is 1.90 bits per heavy atom. The highest BCUT2D eigenvalue weighted by atomic mass is 79.9. The van der Waals surface area contributed by atoms with Gasteiger partial charge in [-0.1, -0.05) is 41.9 Å². The molecule has 0 unspecified atom stereocenters. The topological polar surface area (TPSA) is 67.9 Å². The second kappa shape index (κ2) is 9.89. The van der Waals surface area contributed by atoms with Gasteiger partial charge in [-0.25, -0.2) is 0 Å². The number of hydrogen-bond donors (Lipinski definition) is 1. The van der Waals surface area contributed by atoms with E-state index in [9.17, 15) is 9.59 Å². The van der Waals surface area contributed by atoms with Crippen molar-refractivity contribution in [1.29, 1.82) is 0 Å². The fourth-order valence-corrected chi connectivity index (χ4v) is 3.53. The number of rotatable bonds is 6. The summed E-state index contributed by atoms with van der Waals surface area (Å²) in [7, 11) is 0. The van der Waals surface area contributed by atoms with E-state index in [1.54, 1.807) is 29.2 Å². The van der Waals surface area contributed by atoms with Gasteiger partial charge in [0.2, 0.25) is 0 Å². The number of nitrogens with one attached hydrogen (secondary N) is 1. The molecule has 2 aromatic carbocycles. The number of morpholine rings is 1. The molecule has 3 rings (SSSR count). The van der Waals surface area contributed by atoms with Gasteiger partial charge in [0.05, 0.1) is 24.5 Å². The van der Waals surface area contributed by atoms with Crippen LogP contribution in [0.4, 0.5) is 5.69 Å². The minimum absolute atomic E-state index is 0.111. The van der Waals surface area contributed by atoms with Gasteiger partial charge in [-0.3, -0.25) is 9.59 Å². The molecule has 0 radical (unpaired) electrons. The number of carbonyl (C=O) groups is 2. The van der Waals surface area contributed by atoms with E-state index in [1.165, 1.54) is 0 Å². The van der Waals surface area contributed by atoms with E-state index in [0.717, 1.165) is 10.0 Å². The molecular formula is C22H25BrN2O4. The molecule has 1 heterocycles. The molecule has 2 aromatic rings. The van der Waals surface area contributed by atoms with E-state index in [-0.39, 0.29) is 24.3 Å². The summed E-state index contributed by atoms with van der Waals surface area (Å²) in [6, 6.07) is 12.8. The second-order valence-electron chi connectivity index (χ2n) is 7.12. The van der Waals surface area contributed by atoms with Crippen LogP contribution < -0.4 is 10.1 Å². The first-order valence-electron chi connectivity index (χ1n) is 9.64. The first kappa shape index (κ1) is 21.3. The molecule has 0 atom stereocenters. The largest absolute Gasteiger partial charge is 0.483 e. The number of amides is 2. The van der Waals surface area contributed by atoms with Gasteiger partial charge in [-0.2, -0.15) is 0 Å². The summed E-state index contributed by atoms with van der Waals surface area (Å²) < 4.78 is 12.0. The smallest absolute Gasteiger partial charge is 0.262 e. The summed E-state index contributed by atoms with van der Waals surface area (Å²) in [6.45, 7) is 6.16. The lowest BCUT2D eigenvalue weighted by molar-refractivity contribution is -0.118. The van der Waals surface area contributed by atoms with Gasteiger partial charge in [0.1, 0.15) is 5.75 Å². The van der Waals surface area contributed by atoms with Crippen LogP contribution in [0, 0.1) is 0 Å². The Labute approximate surface area is 179 Å². The molecule has 154 valence electrons. The van der Waals surface area contributed by atoms with Gasteiger partial charge in [0.15, 0.2) is 6.61 Å². The standard InChI is InChI=1S/C22H25BrN2O4/c1-15(2)18-13-16(23)7-8-20(18)29-14-21(26)24-19-6-4-3-5-17(19)22(27)25-9-11-28-12-10-25/h3-8,13,15H,9-12,14H2,1-2H3,(H,24,26). The Kier molecular flexibility index (Phi) is 7.28. The molecule has 1 aliphatic rings. The highest BCUT2D eigenvalue weighted by Gasteiger charge is 2.21. The molecule has 6 nitrogen and oxygen atoms in total. The van der Waals surface area contributed by atoms with Crippen LogP contribution in [-0.4, -0.2) is 49.6 Å². The van der Waals surface area contributed by atoms with Crippen molar-refractivity contribution in [2.45, 2.75) is 19.8 Å². The Hall–Kier alpha value is -2.38. The lowest BCUT2D eigenvalue weighted by atomic mass is 10.0. The van der Waals surface area contributed by atoms with Crippen molar-refractivity contribution in [3.05, 3.63) is 58.1 Å². The van der Waals surface area contributed by atoms with Crippen molar-refractivity contribution in [2.24, 2.45) is 0 Å². The predicted molar refractivity (Wildman–Crippen MR) is 116 cm³/mol. The summed E-state index contributed by atoms with van der Waals surface area (Å²) in [5.41, 5.74) is 1.97. The average Bonchev–Trinajstić information content (AvgIpc) is 2.73. The summed E-state index contributed by atoms with van der Waals surface area (Å²) in [6.07, 6.45) is 0. The van der Waals surface area contributed by atoms with Crippen molar-refractivity contribution >= 4 is 33.4 Å². The molecule has 1 fully saturated rings. The molecule has 29 heavy (non-hydrogen) atoms.